The SMILES string of the molecule is CC.COC(=O)c1c(CNC(=O)c2ccc(-c3ccc(C#N)cc3)cc2)cnc(C)c1O. The molecule has 1 heterocycles. The molecule has 0 radical (unpaired) electrons. The fourth-order valence-electron chi connectivity index (χ4n) is 2.93. The van der Waals surface area contributed by atoms with Crippen LogP contribution >= 0.6 is 0 Å². The number of nitrogens with zero attached hydrogens (tertiary/aromatic N) is 2. The molecule has 7 nitrogen and oxygen atoms in total. The minimum absolute atomic E-state index is 0.00147. The van der Waals surface area contributed by atoms with Crippen molar-refractivity contribution in [1.82, 2.24) is 10.3 Å². The summed E-state index contributed by atoms with van der Waals surface area (Å²) in [6.45, 7) is 5.57. The number of hydrogen-bond acceptors (Lipinski definition) is 6. The summed E-state index contributed by atoms with van der Waals surface area (Å²) in [6, 6.07) is 16.2. The number of esters is 1. The molecule has 0 aliphatic rings. The summed E-state index contributed by atoms with van der Waals surface area (Å²) in [6.07, 6.45) is 1.43. The van der Waals surface area contributed by atoms with Crippen molar-refractivity contribution >= 4 is 11.9 Å². The van der Waals surface area contributed by atoms with Crippen molar-refractivity contribution in [2.45, 2.75) is 27.3 Å². The van der Waals surface area contributed by atoms with Gasteiger partial charge in [0.05, 0.1) is 24.4 Å². The molecule has 0 spiro atoms. The first-order valence-corrected chi connectivity index (χ1v) is 10.1. The van der Waals surface area contributed by atoms with Gasteiger partial charge in [-0.2, -0.15) is 5.26 Å². The van der Waals surface area contributed by atoms with Crippen molar-refractivity contribution in [3.05, 3.63) is 82.7 Å². The highest BCUT2D eigenvalue weighted by molar-refractivity contribution is 5.96. The number of nitrogens with one attached hydrogen (secondary N) is 1. The van der Waals surface area contributed by atoms with E-state index in [9.17, 15) is 14.7 Å². The highest BCUT2D eigenvalue weighted by Crippen LogP contribution is 2.25. The molecule has 3 aromatic rings. The van der Waals surface area contributed by atoms with Gasteiger partial charge in [-0.25, -0.2) is 4.79 Å². The fraction of sp³-hybridized carbons (Fsp3) is 0.200. The second-order valence-corrected chi connectivity index (χ2v) is 6.53. The number of hydrogen-bond donors (Lipinski definition) is 2. The van der Waals surface area contributed by atoms with Crippen LogP contribution in [-0.4, -0.2) is 29.1 Å². The minimum atomic E-state index is -0.700. The van der Waals surface area contributed by atoms with E-state index in [0.29, 0.717) is 22.4 Å². The summed E-state index contributed by atoms with van der Waals surface area (Å²) in [5.41, 5.74) is 3.51. The lowest BCUT2D eigenvalue weighted by Gasteiger charge is -2.12. The van der Waals surface area contributed by atoms with Crippen LogP contribution in [0.2, 0.25) is 0 Å². The van der Waals surface area contributed by atoms with E-state index < -0.39 is 5.97 Å². The summed E-state index contributed by atoms with van der Waals surface area (Å²) in [7, 11) is 1.22. The van der Waals surface area contributed by atoms with Crippen LogP contribution in [0.1, 0.15) is 51.4 Å². The van der Waals surface area contributed by atoms with Gasteiger partial charge in [-0.3, -0.25) is 9.78 Å². The molecule has 0 saturated heterocycles. The summed E-state index contributed by atoms with van der Waals surface area (Å²) < 4.78 is 4.72. The van der Waals surface area contributed by atoms with Gasteiger partial charge in [0, 0.05) is 23.9 Å². The largest absolute Gasteiger partial charge is 0.505 e. The molecular formula is C25H25N3O4. The van der Waals surface area contributed by atoms with Crippen LogP contribution in [0.4, 0.5) is 0 Å². The third-order valence-electron chi connectivity index (χ3n) is 4.64. The number of amides is 1. The molecule has 7 heteroatoms. The van der Waals surface area contributed by atoms with Gasteiger partial charge < -0.3 is 15.2 Å². The van der Waals surface area contributed by atoms with Crippen LogP contribution in [0.5, 0.6) is 5.75 Å². The molecule has 164 valence electrons. The molecule has 0 bridgehead atoms. The smallest absolute Gasteiger partial charge is 0.342 e. The monoisotopic (exact) mass is 431 g/mol. The number of carbonyl (C=O) groups is 2. The number of benzene rings is 2. The third kappa shape index (κ3) is 5.49. The van der Waals surface area contributed by atoms with Crippen molar-refractivity contribution < 1.29 is 19.4 Å². The number of methoxy groups -OCH3 is 1. The number of ether oxygens (including phenoxy) is 1. The zero-order valence-electron chi connectivity index (χ0n) is 18.5. The van der Waals surface area contributed by atoms with E-state index in [1.165, 1.54) is 13.3 Å². The van der Waals surface area contributed by atoms with Crippen LogP contribution in [-0.2, 0) is 11.3 Å². The Balaban J connectivity index is 0.00000176. The molecule has 32 heavy (non-hydrogen) atoms. The molecule has 1 amide bonds. The number of pyridine rings is 1. The Labute approximate surface area is 187 Å². The minimum Gasteiger partial charge on any atom is -0.505 e. The Morgan fingerprint density at radius 1 is 1.06 bits per heavy atom. The highest BCUT2D eigenvalue weighted by Gasteiger charge is 2.20. The van der Waals surface area contributed by atoms with Gasteiger partial charge in [-0.15, -0.1) is 0 Å². The molecule has 0 unspecified atom stereocenters. The van der Waals surface area contributed by atoms with E-state index in [1.54, 1.807) is 31.2 Å². The second-order valence-electron chi connectivity index (χ2n) is 6.53. The van der Waals surface area contributed by atoms with Crippen LogP contribution in [0, 0.1) is 18.3 Å². The predicted octanol–water partition coefficient (Wildman–Crippen LogP) is 4.38. The molecule has 1 aromatic heterocycles. The predicted molar refractivity (Wildman–Crippen MR) is 121 cm³/mol. The van der Waals surface area contributed by atoms with Crippen LogP contribution < -0.4 is 5.32 Å². The van der Waals surface area contributed by atoms with Crippen LogP contribution in [0.3, 0.4) is 0 Å². The van der Waals surface area contributed by atoms with Crippen molar-refractivity contribution in [3.8, 4) is 22.9 Å². The van der Waals surface area contributed by atoms with Gasteiger partial charge >= 0.3 is 5.97 Å². The summed E-state index contributed by atoms with van der Waals surface area (Å²) in [5.74, 6) is -1.30. The molecule has 2 aromatic carbocycles. The van der Waals surface area contributed by atoms with Crippen molar-refractivity contribution in [3.63, 3.8) is 0 Å². The van der Waals surface area contributed by atoms with E-state index in [0.717, 1.165) is 11.1 Å². The van der Waals surface area contributed by atoms with Gasteiger partial charge in [0.1, 0.15) is 5.56 Å². The number of rotatable bonds is 5. The lowest BCUT2D eigenvalue weighted by Crippen LogP contribution is -2.24. The standard InChI is InChI=1S/C23H19N3O4.C2H6/c1-14-21(27)20(23(29)30-2)19(12-25-14)13-26-22(28)18-9-7-17(8-10-18)16-5-3-15(11-24)4-6-16;1-2/h3-10,12,27H,13H2,1-2H3,(H,26,28);1-2H3. The summed E-state index contributed by atoms with van der Waals surface area (Å²) in [4.78, 5) is 28.5. The zero-order chi connectivity index (χ0) is 23.7. The number of nitriles is 1. The normalized spacial score (nSPS) is 9.72. The molecule has 0 aliphatic heterocycles. The number of carbonyl (C=O) groups excluding carboxylic acids is 2. The van der Waals surface area contributed by atoms with Crippen LogP contribution in [0.15, 0.2) is 54.7 Å². The first-order valence-electron chi connectivity index (χ1n) is 10.1. The Bertz CT molecular complexity index is 1130. The Kier molecular flexibility index (Phi) is 8.49. The summed E-state index contributed by atoms with van der Waals surface area (Å²) >= 11 is 0. The van der Waals surface area contributed by atoms with Gasteiger partial charge in [0.2, 0.25) is 0 Å². The Morgan fingerprint density at radius 2 is 1.62 bits per heavy atom. The number of aromatic hydroxyl groups is 1. The van der Waals surface area contributed by atoms with Gasteiger partial charge in [0.15, 0.2) is 5.75 Å². The lowest BCUT2D eigenvalue weighted by molar-refractivity contribution is 0.0594. The van der Waals surface area contributed by atoms with Crippen LogP contribution in [0.25, 0.3) is 11.1 Å². The molecule has 0 atom stereocenters. The van der Waals surface area contributed by atoms with E-state index >= 15 is 0 Å². The van der Waals surface area contributed by atoms with E-state index in [-0.39, 0.29) is 23.8 Å². The fourth-order valence-corrected chi connectivity index (χ4v) is 2.93. The average molecular weight is 431 g/mol. The number of aromatic nitrogens is 1. The maximum Gasteiger partial charge on any atom is 0.342 e. The maximum absolute atomic E-state index is 12.5. The van der Waals surface area contributed by atoms with Gasteiger partial charge in [0.25, 0.3) is 5.91 Å². The first-order chi connectivity index (χ1) is 15.4. The molecule has 2 N–H and O–H groups in total. The topological polar surface area (TPSA) is 112 Å². The highest BCUT2D eigenvalue weighted by atomic mass is 16.5. The van der Waals surface area contributed by atoms with Gasteiger partial charge in [-0.1, -0.05) is 38.1 Å². The van der Waals surface area contributed by atoms with E-state index in [2.05, 4.69) is 16.4 Å². The maximum atomic E-state index is 12.5. The number of aryl methyl sites for hydroxylation is 1. The van der Waals surface area contributed by atoms with Crippen molar-refractivity contribution in [1.29, 1.82) is 5.26 Å². The zero-order valence-corrected chi connectivity index (χ0v) is 18.5. The quantitative estimate of drug-likeness (QED) is 0.580. The second kappa shape index (κ2) is 11.3. The van der Waals surface area contributed by atoms with Crippen molar-refractivity contribution in [2.24, 2.45) is 0 Å². The van der Waals surface area contributed by atoms with E-state index in [4.69, 9.17) is 10.00 Å². The third-order valence-corrected chi connectivity index (χ3v) is 4.64. The molecule has 0 aliphatic carbocycles. The van der Waals surface area contributed by atoms with Gasteiger partial charge in [-0.05, 0) is 42.3 Å². The lowest BCUT2D eigenvalue weighted by atomic mass is 10.0. The van der Waals surface area contributed by atoms with Crippen molar-refractivity contribution in [2.75, 3.05) is 7.11 Å². The van der Waals surface area contributed by atoms with E-state index in [1.807, 2.05) is 38.1 Å². The average Bonchev–Trinajstić information content (AvgIpc) is 2.85. The molecule has 0 fully saturated rings. The molecular weight excluding hydrogens is 406 g/mol. The molecule has 0 saturated carbocycles. The first kappa shape index (κ1) is 24.1. The Morgan fingerprint density at radius 3 is 2.16 bits per heavy atom. The summed E-state index contributed by atoms with van der Waals surface area (Å²) in [5, 5.41) is 21.7. The Hall–Kier alpha value is -4.18. The molecule has 3 rings (SSSR count).